The van der Waals surface area contributed by atoms with Crippen molar-refractivity contribution in [2.75, 3.05) is 0 Å². The molecule has 0 atom stereocenters. The summed E-state index contributed by atoms with van der Waals surface area (Å²) in [6.45, 7) is 4.12. The molecule has 0 bridgehead atoms. The average molecular weight is 432 g/mol. The van der Waals surface area contributed by atoms with Gasteiger partial charge in [0.2, 0.25) is 0 Å². The van der Waals surface area contributed by atoms with E-state index in [1.54, 1.807) is 0 Å². The van der Waals surface area contributed by atoms with Gasteiger partial charge in [-0.2, -0.15) is 12.2 Å². The van der Waals surface area contributed by atoms with Gasteiger partial charge >= 0.3 is 26.2 Å². The Morgan fingerprint density at radius 3 is 1.22 bits per heavy atom. The molecule has 0 nitrogen and oxygen atoms in total. The van der Waals surface area contributed by atoms with Crippen molar-refractivity contribution in [3.63, 3.8) is 0 Å². The first-order valence-corrected chi connectivity index (χ1v) is 9.30. The fourth-order valence-electron chi connectivity index (χ4n) is 2.61. The molecular formula is C26H28Zr. The van der Waals surface area contributed by atoms with Crippen LogP contribution in [0.15, 0.2) is 96.1 Å². The molecule has 2 aliphatic carbocycles. The van der Waals surface area contributed by atoms with Crippen molar-refractivity contribution in [2.45, 2.75) is 39.5 Å². The molecule has 4 rings (SSSR count). The van der Waals surface area contributed by atoms with Gasteiger partial charge in [0.1, 0.15) is 0 Å². The van der Waals surface area contributed by atoms with E-state index in [0.29, 0.717) is 0 Å². The second-order valence-corrected chi connectivity index (χ2v) is 6.40. The van der Waals surface area contributed by atoms with Gasteiger partial charge in [0, 0.05) is 0 Å². The van der Waals surface area contributed by atoms with Crippen LogP contribution in [0, 0.1) is 12.2 Å². The molecule has 0 saturated carbocycles. The summed E-state index contributed by atoms with van der Waals surface area (Å²) in [5.41, 5.74) is 5.37. The minimum absolute atomic E-state index is 0. The van der Waals surface area contributed by atoms with Gasteiger partial charge in [0.15, 0.2) is 0 Å². The molecule has 0 aliphatic heterocycles. The first kappa shape index (κ1) is 23.3. The minimum atomic E-state index is 0. The van der Waals surface area contributed by atoms with Gasteiger partial charge in [-0.1, -0.05) is 74.5 Å². The fourth-order valence-corrected chi connectivity index (χ4v) is 2.61. The van der Waals surface area contributed by atoms with Gasteiger partial charge in [-0.3, -0.25) is 12.2 Å². The third kappa shape index (κ3) is 10.9. The van der Waals surface area contributed by atoms with Crippen LogP contribution in [0.5, 0.6) is 0 Å². The number of hydrogen-bond donors (Lipinski definition) is 0. The molecule has 2 aromatic rings. The molecule has 0 spiro atoms. The number of allylic oxidation sites excluding steroid dienone is 8. The molecule has 0 heterocycles. The first-order valence-electron chi connectivity index (χ1n) is 9.30. The summed E-state index contributed by atoms with van der Waals surface area (Å²) in [6.07, 6.45) is 18.9. The maximum Gasteiger partial charge on any atom is 2.00 e. The number of rotatable bonds is 3. The Balaban J connectivity index is 0.000000233. The van der Waals surface area contributed by atoms with Crippen LogP contribution in [-0.4, -0.2) is 0 Å². The maximum absolute atomic E-state index is 3.12. The van der Waals surface area contributed by atoms with Crippen molar-refractivity contribution in [1.29, 1.82) is 0 Å². The summed E-state index contributed by atoms with van der Waals surface area (Å²) in [7, 11) is 0. The zero-order valence-corrected chi connectivity index (χ0v) is 18.9. The molecule has 0 aromatic heterocycles. The van der Waals surface area contributed by atoms with Crippen LogP contribution < -0.4 is 0 Å². The second-order valence-electron chi connectivity index (χ2n) is 6.40. The second kappa shape index (κ2) is 14.4. The van der Waals surface area contributed by atoms with Crippen LogP contribution in [0.4, 0.5) is 0 Å². The standard InChI is InChI=1S/C14H14.2C6H7.Zr/c1-3-7-13(8-4-1)11-12-14-9-5-2-6-10-14;2*1-6-4-2-3-5-6;/h1-10H,11-12H2;2*2,4H,3H2,1H3;/q;2*-1;+2. The van der Waals surface area contributed by atoms with Crippen LogP contribution in [0.2, 0.25) is 0 Å². The van der Waals surface area contributed by atoms with E-state index in [-0.39, 0.29) is 26.2 Å². The molecule has 2 aliphatic rings. The Morgan fingerprint density at radius 1 is 0.630 bits per heavy atom. The quantitative estimate of drug-likeness (QED) is 0.466. The smallest absolute Gasteiger partial charge is 0.270 e. The topological polar surface area (TPSA) is 0 Å². The molecule has 0 unspecified atom stereocenters. The summed E-state index contributed by atoms with van der Waals surface area (Å²) in [5.74, 6) is 0. The largest absolute Gasteiger partial charge is 2.00 e. The van der Waals surface area contributed by atoms with Crippen LogP contribution in [0.25, 0.3) is 0 Å². The maximum atomic E-state index is 3.12. The SMILES string of the molecule is CC1=[C-]CC=C1.CC1=[C-]CC=C1.[Zr+2].c1ccc(CCc2ccccc2)cc1. The van der Waals surface area contributed by atoms with Gasteiger partial charge in [-0.15, -0.1) is 12.8 Å². The summed E-state index contributed by atoms with van der Waals surface area (Å²) in [4.78, 5) is 0. The van der Waals surface area contributed by atoms with Crippen molar-refractivity contribution >= 4 is 0 Å². The van der Waals surface area contributed by atoms with Gasteiger partial charge in [-0.05, 0) is 24.0 Å². The van der Waals surface area contributed by atoms with E-state index >= 15 is 0 Å². The van der Waals surface area contributed by atoms with Gasteiger partial charge in [-0.25, -0.2) is 23.3 Å². The third-order valence-electron chi connectivity index (χ3n) is 4.12. The van der Waals surface area contributed by atoms with Crippen LogP contribution in [0.3, 0.4) is 0 Å². The third-order valence-corrected chi connectivity index (χ3v) is 4.12. The predicted molar refractivity (Wildman–Crippen MR) is 113 cm³/mol. The van der Waals surface area contributed by atoms with Gasteiger partial charge < -0.3 is 0 Å². The monoisotopic (exact) mass is 430 g/mol. The molecule has 0 saturated heterocycles. The Labute approximate surface area is 184 Å². The first-order chi connectivity index (χ1) is 12.7. The van der Waals surface area contributed by atoms with E-state index in [1.807, 2.05) is 0 Å². The number of hydrogen-bond acceptors (Lipinski definition) is 0. The Kier molecular flexibility index (Phi) is 12.4. The number of benzene rings is 2. The van der Waals surface area contributed by atoms with Crippen molar-refractivity contribution in [3.05, 3.63) is 119 Å². The van der Waals surface area contributed by atoms with Crippen molar-refractivity contribution in [3.8, 4) is 0 Å². The van der Waals surface area contributed by atoms with Crippen molar-refractivity contribution in [2.24, 2.45) is 0 Å². The Morgan fingerprint density at radius 2 is 1.00 bits per heavy atom. The van der Waals surface area contributed by atoms with Crippen molar-refractivity contribution < 1.29 is 26.2 Å². The van der Waals surface area contributed by atoms with Crippen molar-refractivity contribution in [1.82, 2.24) is 0 Å². The van der Waals surface area contributed by atoms with Gasteiger partial charge in [0.25, 0.3) is 0 Å². The molecule has 0 fully saturated rings. The summed E-state index contributed by atoms with van der Waals surface area (Å²) in [6, 6.07) is 21.2. The molecule has 27 heavy (non-hydrogen) atoms. The molecule has 0 amide bonds. The predicted octanol–water partition coefficient (Wildman–Crippen LogP) is 6.86. The van der Waals surface area contributed by atoms with E-state index in [9.17, 15) is 0 Å². The zero-order valence-electron chi connectivity index (χ0n) is 16.4. The average Bonchev–Trinajstić information content (AvgIpc) is 3.36. The van der Waals surface area contributed by atoms with Crippen LogP contribution in [0.1, 0.15) is 37.8 Å². The normalized spacial score (nSPS) is 13.4. The molecule has 1 heteroatoms. The molecule has 0 radical (unpaired) electrons. The fraction of sp³-hybridized carbons (Fsp3) is 0.231. The van der Waals surface area contributed by atoms with Crippen LogP contribution in [-0.2, 0) is 39.0 Å². The van der Waals surface area contributed by atoms with E-state index in [2.05, 4.69) is 111 Å². The molecular weight excluding hydrogens is 404 g/mol. The Hall–Kier alpha value is -1.72. The molecule has 0 N–H and O–H groups in total. The van der Waals surface area contributed by atoms with Gasteiger partial charge in [0.05, 0.1) is 0 Å². The van der Waals surface area contributed by atoms with E-state index < -0.39 is 0 Å². The summed E-state index contributed by atoms with van der Waals surface area (Å²) >= 11 is 0. The summed E-state index contributed by atoms with van der Waals surface area (Å²) in [5, 5.41) is 0. The van der Waals surface area contributed by atoms with E-state index in [4.69, 9.17) is 0 Å². The minimum Gasteiger partial charge on any atom is -0.270 e. The Bertz CT molecular complexity index is 676. The van der Waals surface area contributed by atoms with E-state index in [0.717, 1.165) is 25.7 Å². The number of aryl methyl sites for hydroxylation is 2. The van der Waals surface area contributed by atoms with E-state index in [1.165, 1.54) is 22.3 Å². The summed E-state index contributed by atoms with van der Waals surface area (Å²) < 4.78 is 0. The van der Waals surface area contributed by atoms with Crippen LogP contribution >= 0.6 is 0 Å². The molecule has 2 aromatic carbocycles. The molecule has 136 valence electrons. The zero-order chi connectivity index (χ0) is 18.5.